The van der Waals surface area contributed by atoms with E-state index >= 15 is 0 Å². The predicted molar refractivity (Wildman–Crippen MR) is 86.1 cm³/mol. The molecule has 1 fully saturated rings. The zero-order valence-electron chi connectivity index (χ0n) is 13.2. The minimum absolute atomic E-state index is 0.0582. The second-order valence-corrected chi connectivity index (χ2v) is 5.41. The number of para-hydroxylation sites is 1. The molecule has 7 heteroatoms. The molecule has 1 heterocycles. The summed E-state index contributed by atoms with van der Waals surface area (Å²) in [4.78, 5) is 25.6. The molecule has 3 rings (SSSR count). The number of carbonyl (C=O) groups is 2. The number of ether oxygens (including phenoxy) is 2. The Morgan fingerprint density at radius 2 is 1.80 bits per heavy atom. The smallest absolute Gasteiger partial charge is 0.387 e. The summed E-state index contributed by atoms with van der Waals surface area (Å²) >= 11 is 0. The van der Waals surface area contributed by atoms with Crippen molar-refractivity contribution in [2.24, 2.45) is 0 Å². The topological polar surface area (TPSA) is 55.8 Å². The molecule has 0 bridgehead atoms. The van der Waals surface area contributed by atoms with Gasteiger partial charge in [-0.15, -0.1) is 0 Å². The fraction of sp³-hybridized carbons (Fsp3) is 0.222. The third-order valence-electron chi connectivity index (χ3n) is 3.76. The van der Waals surface area contributed by atoms with Gasteiger partial charge in [-0.2, -0.15) is 8.78 Å². The number of esters is 1. The Hall–Kier alpha value is -2.96. The van der Waals surface area contributed by atoms with Crippen LogP contribution in [0, 0.1) is 0 Å². The molecule has 0 atom stereocenters. The van der Waals surface area contributed by atoms with Gasteiger partial charge in [0.2, 0.25) is 5.91 Å². The van der Waals surface area contributed by atoms with Crippen molar-refractivity contribution in [3.63, 3.8) is 0 Å². The highest BCUT2D eigenvalue weighted by atomic mass is 19.3. The first-order valence-electron chi connectivity index (χ1n) is 7.71. The van der Waals surface area contributed by atoms with E-state index in [0.29, 0.717) is 13.0 Å². The van der Waals surface area contributed by atoms with Gasteiger partial charge < -0.3 is 14.4 Å². The van der Waals surface area contributed by atoms with E-state index in [1.807, 2.05) is 0 Å². The van der Waals surface area contributed by atoms with Gasteiger partial charge in [0.05, 0.1) is 0 Å². The summed E-state index contributed by atoms with van der Waals surface area (Å²) in [6.07, 6.45) is 1.34. The first-order chi connectivity index (χ1) is 12.0. The van der Waals surface area contributed by atoms with Crippen LogP contribution in [0.2, 0.25) is 0 Å². The molecule has 0 unspecified atom stereocenters. The highest BCUT2D eigenvalue weighted by Gasteiger charge is 2.22. The van der Waals surface area contributed by atoms with E-state index in [4.69, 9.17) is 4.74 Å². The first kappa shape index (κ1) is 16.9. The molecule has 1 aliphatic rings. The number of anilines is 1. The molecule has 0 saturated carbocycles. The molecule has 1 saturated heterocycles. The monoisotopic (exact) mass is 347 g/mol. The second kappa shape index (κ2) is 7.29. The number of hydrogen-bond acceptors (Lipinski definition) is 4. The van der Waals surface area contributed by atoms with E-state index in [9.17, 15) is 18.4 Å². The van der Waals surface area contributed by atoms with Crippen molar-refractivity contribution < 1.29 is 27.8 Å². The van der Waals surface area contributed by atoms with Crippen molar-refractivity contribution in [3.05, 3.63) is 54.1 Å². The highest BCUT2D eigenvalue weighted by molar-refractivity contribution is 5.96. The summed E-state index contributed by atoms with van der Waals surface area (Å²) in [6, 6.07) is 12.1. The zero-order valence-corrected chi connectivity index (χ0v) is 13.2. The first-order valence-corrected chi connectivity index (χ1v) is 7.71. The molecule has 25 heavy (non-hydrogen) atoms. The molecule has 0 spiro atoms. The van der Waals surface area contributed by atoms with E-state index in [1.54, 1.807) is 29.2 Å². The maximum Gasteiger partial charge on any atom is 0.387 e. The Balaban J connectivity index is 1.72. The molecule has 0 radical (unpaired) electrons. The Morgan fingerprint density at radius 1 is 1.08 bits per heavy atom. The molecular weight excluding hydrogens is 332 g/mol. The van der Waals surface area contributed by atoms with Crippen LogP contribution >= 0.6 is 0 Å². The maximum atomic E-state index is 12.4. The van der Waals surface area contributed by atoms with E-state index in [1.165, 1.54) is 24.3 Å². The molecule has 2 aromatic carbocycles. The van der Waals surface area contributed by atoms with Gasteiger partial charge >= 0.3 is 12.6 Å². The van der Waals surface area contributed by atoms with Crippen LogP contribution in [0.15, 0.2) is 48.5 Å². The lowest BCUT2D eigenvalue weighted by Gasteiger charge is -2.16. The van der Waals surface area contributed by atoms with Gasteiger partial charge in [-0.05, 0) is 42.8 Å². The van der Waals surface area contributed by atoms with Crippen LogP contribution in [-0.2, 0) is 4.79 Å². The third kappa shape index (κ3) is 3.93. The standard InChI is InChI=1S/C18H15F2NO4/c19-18(20)25-15-5-2-1-4-14(15)17(23)24-13-9-7-12(8-10-13)21-11-3-6-16(21)22/h1-2,4-5,7-10,18H,3,6,11H2. The maximum absolute atomic E-state index is 12.4. The van der Waals surface area contributed by atoms with Crippen molar-refractivity contribution in [1.82, 2.24) is 0 Å². The van der Waals surface area contributed by atoms with Crippen LogP contribution in [0.3, 0.4) is 0 Å². The van der Waals surface area contributed by atoms with Crippen molar-refractivity contribution >= 4 is 17.6 Å². The minimum Gasteiger partial charge on any atom is -0.434 e. The Bertz CT molecular complexity index is 777. The van der Waals surface area contributed by atoms with Crippen LogP contribution in [0.4, 0.5) is 14.5 Å². The SMILES string of the molecule is O=C(Oc1ccc(N2CCCC2=O)cc1)c1ccccc1OC(F)F. The number of alkyl halides is 2. The summed E-state index contributed by atoms with van der Waals surface area (Å²) in [7, 11) is 0. The van der Waals surface area contributed by atoms with Gasteiger partial charge in [0, 0.05) is 18.7 Å². The summed E-state index contributed by atoms with van der Waals surface area (Å²) in [6.45, 7) is -2.37. The number of halogens is 2. The van der Waals surface area contributed by atoms with Crippen LogP contribution < -0.4 is 14.4 Å². The average molecular weight is 347 g/mol. The normalized spacial score (nSPS) is 14.0. The molecule has 0 aromatic heterocycles. The van der Waals surface area contributed by atoms with Crippen LogP contribution in [-0.4, -0.2) is 25.0 Å². The van der Waals surface area contributed by atoms with E-state index in [0.717, 1.165) is 12.1 Å². The number of rotatable bonds is 5. The van der Waals surface area contributed by atoms with E-state index < -0.39 is 12.6 Å². The number of carbonyl (C=O) groups excluding carboxylic acids is 2. The average Bonchev–Trinajstić information content (AvgIpc) is 3.01. The predicted octanol–water partition coefficient (Wildman–Crippen LogP) is 3.63. The molecule has 0 N–H and O–H groups in total. The van der Waals surface area contributed by atoms with E-state index in [-0.39, 0.29) is 23.0 Å². The summed E-state index contributed by atoms with van der Waals surface area (Å²) in [5, 5.41) is 0. The van der Waals surface area contributed by atoms with Crippen molar-refractivity contribution in [2.45, 2.75) is 19.5 Å². The fourth-order valence-corrected chi connectivity index (χ4v) is 2.61. The Labute approximate surface area is 142 Å². The highest BCUT2D eigenvalue weighted by Crippen LogP contribution is 2.26. The summed E-state index contributed by atoms with van der Waals surface area (Å²) in [5.41, 5.74) is 0.630. The summed E-state index contributed by atoms with van der Waals surface area (Å²) in [5.74, 6) is -0.752. The van der Waals surface area contributed by atoms with Gasteiger partial charge in [-0.3, -0.25) is 4.79 Å². The van der Waals surface area contributed by atoms with Gasteiger partial charge in [0.15, 0.2) is 0 Å². The number of benzene rings is 2. The van der Waals surface area contributed by atoms with E-state index in [2.05, 4.69) is 4.74 Å². The summed E-state index contributed by atoms with van der Waals surface area (Å²) < 4.78 is 34.3. The van der Waals surface area contributed by atoms with Crippen molar-refractivity contribution in [2.75, 3.05) is 11.4 Å². The lowest BCUT2D eigenvalue weighted by molar-refractivity contribution is -0.117. The van der Waals surface area contributed by atoms with Gasteiger partial charge in [0.25, 0.3) is 0 Å². The van der Waals surface area contributed by atoms with Crippen LogP contribution in [0.25, 0.3) is 0 Å². The largest absolute Gasteiger partial charge is 0.434 e. The Morgan fingerprint density at radius 3 is 2.44 bits per heavy atom. The molecule has 0 aliphatic carbocycles. The lowest BCUT2D eigenvalue weighted by atomic mass is 10.2. The van der Waals surface area contributed by atoms with Crippen molar-refractivity contribution in [3.8, 4) is 11.5 Å². The number of nitrogens with zero attached hydrogens (tertiary/aromatic N) is 1. The molecule has 1 aliphatic heterocycles. The fourth-order valence-electron chi connectivity index (χ4n) is 2.61. The number of hydrogen-bond donors (Lipinski definition) is 0. The van der Waals surface area contributed by atoms with Crippen LogP contribution in [0.1, 0.15) is 23.2 Å². The van der Waals surface area contributed by atoms with Gasteiger partial charge in [0.1, 0.15) is 17.1 Å². The van der Waals surface area contributed by atoms with Crippen molar-refractivity contribution in [1.29, 1.82) is 0 Å². The third-order valence-corrected chi connectivity index (χ3v) is 3.76. The number of amides is 1. The zero-order chi connectivity index (χ0) is 17.8. The van der Waals surface area contributed by atoms with Crippen LogP contribution in [0.5, 0.6) is 11.5 Å². The molecule has 130 valence electrons. The lowest BCUT2D eigenvalue weighted by Crippen LogP contribution is -2.23. The molecule has 5 nitrogen and oxygen atoms in total. The minimum atomic E-state index is -3.04. The molecule has 1 amide bonds. The molecule has 2 aromatic rings. The van der Waals surface area contributed by atoms with Gasteiger partial charge in [-0.25, -0.2) is 4.79 Å². The quantitative estimate of drug-likeness (QED) is 0.612. The Kier molecular flexibility index (Phi) is 4.92. The second-order valence-electron chi connectivity index (χ2n) is 5.41. The van der Waals surface area contributed by atoms with Gasteiger partial charge in [-0.1, -0.05) is 12.1 Å². The molecular formula is C18H15F2NO4.